The fraction of sp³-hybridized carbons (Fsp3) is 0.818. The van der Waals surface area contributed by atoms with Crippen LogP contribution in [-0.4, -0.2) is 54.3 Å². The topological polar surface area (TPSA) is 66.6 Å². The lowest BCUT2D eigenvalue weighted by atomic mass is 10.1. The van der Waals surface area contributed by atoms with Crippen LogP contribution in [0.1, 0.15) is 26.2 Å². The smallest absolute Gasteiger partial charge is 0.241 e. The SMILES string of the molecule is CCCC(N)CC(=O)N1CCN(C)C(=O)C1. The van der Waals surface area contributed by atoms with Gasteiger partial charge < -0.3 is 15.5 Å². The van der Waals surface area contributed by atoms with Gasteiger partial charge in [-0.05, 0) is 6.42 Å². The Balaban J connectivity index is 2.40. The van der Waals surface area contributed by atoms with E-state index in [9.17, 15) is 9.59 Å². The molecule has 0 saturated carbocycles. The van der Waals surface area contributed by atoms with Crippen LogP contribution in [0, 0.1) is 0 Å². The Morgan fingerprint density at radius 1 is 1.50 bits per heavy atom. The van der Waals surface area contributed by atoms with Crippen LogP contribution in [0.3, 0.4) is 0 Å². The van der Waals surface area contributed by atoms with Crippen molar-refractivity contribution < 1.29 is 9.59 Å². The van der Waals surface area contributed by atoms with Gasteiger partial charge in [-0.2, -0.15) is 0 Å². The summed E-state index contributed by atoms with van der Waals surface area (Å²) in [5.74, 6) is 0.00561. The van der Waals surface area contributed by atoms with Crippen molar-refractivity contribution in [2.75, 3.05) is 26.7 Å². The molecule has 1 aliphatic rings. The molecular formula is C11H21N3O2. The predicted molar refractivity (Wildman–Crippen MR) is 61.7 cm³/mol. The van der Waals surface area contributed by atoms with Crippen molar-refractivity contribution in [3.8, 4) is 0 Å². The average Bonchev–Trinajstić information content (AvgIpc) is 2.22. The van der Waals surface area contributed by atoms with E-state index in [-0.39, 0.29) is 24.4 Å². The minimum absolute atomic E-state index is 0.00222. The molecule has 5 heteroatoms. The third kappa shape index (κ3) is 3.48. The van der Waals surface area contributed by atoms with Crippen LogP contribution in [0.15, 0.2) is 0 Å². The van der Waals surface area contributed by atoms with E-state index in [0.717, 1.165) is 12.8 Å². The summed E-state index contributed by atoms with van der Waals surface area (Å²) in [4.78, 5) is 26.5. The largest absolute Gasteiger partial charge is 0.342 e. The van der Waals surface area contributed by atoms with Gasteiger partial charge in [-0.3, -0.25) is 9.59 Å². The molecule has 1 atom stereocenters. The average molecular weight is 227 g/mol. The summed E-state index contributed by atoms with van der Waals surface area (Å²) < 4.78 is 0. The number of carbonyl (C=O) groups excluding carboxylic acids is 2. The van der Waals surface area contributed by atoms with Crippen LogP contribution in [0.4, 0.5) is 0 Å². The van der Waals surface area contributed by atoms with Crippen molar-refractivity contribution in [2.45, 2.75) is 32.2 Å². The van der Waals surface area contributed by atoms with Crippen molar-refractivity contribution >= 4 is 11.8 Å². The van der Waals surface area contributed by atoms with Gasteiger partial charge in [0.25, 0.3) is 0 Å². The number of hydrogen-bond acceptors (Lipinski definition) is 3. The summed E-state index contributed by atoms with van der Waals surface area (Å²) in [5.41, 5.74) is 5.81. The van der Waals surface area contributed by atoms with Crippen LogP contribution in [0.5, 0.6) is 0 Å². The van der Waals surface area contributed by atoms with Crippen LogP contribution in [0.2, 0.25) is 0 Å². The summed E-state index contributed by atoms with van der Waals surface area (Å²) in [5, 5.41) is 0. The first-order valence-corrected chi connectivity index (χ1v) is 5.82. The van der Waals surface area contributed by atoms with Gasteiger partial charge in [-0.25, -0.2) is 0 Å². The predicted octanol–water partition coefficient (Wildman–Crippen LogP) is -0.195. The van der Waals surface area contributed by atoms with E-state index in [1.54, 1.807) is 16.8 Å². The van der Waals surface area contributed by atoms with Crippen molar-refractivity contribution in [1.82, 2.24) is 9.80 Å². The fourth-order valence-corrected chi connectivity index (χ4v) is 1.80. The molecule has 0 bridgehead atoms. The van der Waals surface area contributed by atoms with Gasteiger partial charge in [-0.15, -0.1) is 0 Å². The summed E-state index contributed by atoms with van der Waals surface area (Å²) in [6.45, 7) is 3.49. The second-order valence-corrected chi connectivity index (χ2v) is 4.38. The molecule has 1 fully saturated rings. The van der Waals surface area contributed by atoms with E-state index >= 15 is 0 Å². The van der Waals surface area contributed by atoms with E-state index in [0.29, 0.717) is 19.5 Å². The monoisotopic (exact) mass is 227 g/mol. The molecule has 16 heavy (non-hydrogen) atoms. The number of hydrogen-bond donors (Lipinski definition) is 1. The van der Waals surface area contributed by atoms with Crippen LogP contribution in [0.25, 0.3) is 0 Å². The van der Waals surface area contributed by atoms with Crippen molar-refractivity contribution in [3.05, 3.63) is 0 Å². The molecule has 1 saturated heterocycles. The van der Waals surface area contributed by atoms with E-state index in [1.165, 1.54) is 0 Å². The molecule has 0 radical (unpaired) electrons. The molecule has 5 nitrogen and oxygen atoms in total. The number of piperazine rings is 1. The Kier molecular flexibility index (Phi) is 4.73. The Morgan fingerprint density at radius 3 is 2.75 bits per heavy atom. The molecule has 1 heterocycles. The fourth-order valence-electron chi connectivity index (χ4n) is 1.80. The Hall–Kier alpha value is -1.10. The van der Waals surface area contributed by atoms with E-state index < -0.39 is 0 Å². The van der Waals surface area contributed by atoms with Gasteiger partial charge >= 0.3 is 0 Å². The van der Waals surface area contributed by atoms with Crippen LogP contribution in [-0.2, 0) is 9.59 Å². The maximum Gasteiger partial charge on any atom is 0.241 e. The van der Waals surface area contributed by atoms with Gasteiger partial charge in [0.05, 0.1) is 6.54 Å². The quantitative estimate of drug-likeness (QED) is 0.723. The number of rotatable bonds is 4. The highest BCUT2D eigenvalue weighted by molar-refractivity contribution is 5.86. The molecule has 2 N–H and O–H groups in total. The Bertz CT molecular complexity index is 268. The molecule has 1 aliphatic heterocycles. The molecule has 0 aromatic heterocycles. The standard InChI is InChI=1S/C11H21N3O2/c1-3-4-9(12)7-10(15)14-6-5-13(2)11(16)8-14/h9H,3-8,12H2,1-2H3. The van der Waals surface area contributed by atoms with Gasteiger partial charge in [0.1, 0.15) is 0 Å². The van der Waals surface area contributed by atoms with Crippen LogP contribution >= 0.6 is 0 Å². The first-order chi connectivity index (χ1) is 7.54. The minimum Gasteiger partial charge on any atom is -0.342 e. The zero-order chi connectivity index (χ0) is 12.1. The Morgan fingerprint density at radius 2 is 2.19 bits per heavy atom. The number of nitrogens with zero attached hydrogens (tertiary/aromatic N) is 2. The summed E-state index contributed by atoms with van der Waals surface area (Å²) in [6.07, 6.45) is 2.19. The number of carbonyl (C=O) groups is 2. The molecular weight excluding hydrogens is 206 g/mol. The van der Waals surface area contributed by atoms with Crippen molar-refractivity contribution in [1.29, 1.82) is 0 Å². The van der Waals surface area contributed by atoms with E-state index in [1.807, 2.05) is 6.92 Å². The van der Waals surface area contributed by atoms with Gasteiger partial charge in [-0.1, -0.05) is 13.3 Å². The van der Waals surface area contributed by atoms with E-state index in [2.05, 4.69) is 0 Å². The lowest BCUT2D eigenvalue weighted by Gasteiger charge is -2.32. The molecule has 1 rings (SSSR count). The lowest BCUT2D eigenvalue weighted by molar-refractivity contribution is -0.144. The van der Waals surface area contributed by atoms with Crippen molar-refractivity contribution in [2.24, 2.45) is 5.73 Å². The molecule has 0 aromatic carbocycles. The van der Waals surface area contributed by atoms with Crippen LogP contribution < -0.4 is 5.73 Å². The van der Waals surface area contributed by atoms with Gasteiger partial charge in [0.15, 0.2) is 0 Å². The zero-order valence-corrected chi connectivity index (χ0v) is 10.1. The molecule has 0 aliphatic carbocycles. The molecule has 92 valence electrons. The number of amides is 2. The molecule has 2 amide bonds. The minimum atomic E-state index is -0.0766. The third-order valence-corrected chi connectivity index (χ3v) is 2.91. The summed E-state index contributed by atoms with van der Waals surface area (Å²) in [7, 11) is 1.76. The Labute approximate surface area is 96.6 Å². The maximum absolute atomic E-state index is 11.8. The second kappa shape index (κ2) is 5.84. The first kappa shape index (κ1) is 13.0. The van der Waals surface area contributed by atoms with Gasteiger partial charge in [0, 0.05) is 32.6 Å². The first-order valence-electron chi connectivity index (χ1n) is 5.82. The normalized spacial score (nSPS) is 18.8. The number of likely N-dealkylation sites (N-methyl/N-ethyl adjacent to an activating group) is 1. The summed E-state index contributed by atoms with van der Waals surface area (Å²) in [6, 6.07) is -0.0766. The van der Waals surface area contributed by atoms with Crippen molar-refractivity contribution in [3.63, 3.8) is 0 Å². The second-order valence-electron chi connectivity index (χ2n) is 4.38. The number of nitrogens with two attached hydrogens (primary N) is 1. The summed E-state index contributed by atoms with van der Waals surface area (Å²) >= 11 is 0. The third-order valence-electron chi connectivity index (χ3n) is 2.91. The molecule has 1 unspecified atom stereocenters. The maximum atomic E-state index is 11.8. The lowest BCUT2D eigenvalue weighted by Crippen LogP contribution is -2.51. The zero-order valence-electron chi connectivity index (χ0n) is 10.1. The highest BCUT2D eigenvalue weighted by Crippen LogP contribution is 2.06. The molecule has 0 aromatic rings. The highest BCUT2D eigenvalue weighted by Gasteiger charge is 2.25. The molecule has 0 spiro atoms. The highest BCUT2D eigenvalue weighted by atomic mass is 16.2. The van der Waals surface area contributed by atoms with E-state index in [4.69, 9.17) is 5.73 Å². The van der Waals surface area contributed by atoms with Gasteiger partial charge in [0.2, 0.25) is 11.8 Å².